The van der Waals surface area contributed by atoms with Crippen LogP contribution in [0.4, 0.5) is 10.1 Å². The highest BCUT2D eigenvalue weighted by Gasteiger charge is 2.41. The van der Waals surface area contributed by atoms with Gasteiger partial charge in [0.05, 0.1) is 12.2 Å². The molecule has 1 spiro atoms. The Kier molecular flexibility index (Phi) is 2.76. The standard InChI is InChI=1S/C13H18FN3/c14-11-1-3-12(4-2-11)17-10-16-9-13(17)5-7-15-8-6-13/h1-4,15-16H,5-10H2. The summed E-state index contributed by atoms with van der Waals surface area (Å²) in [4.78, 5) is 2.40. The maximum atomic E-state index is 13.0. The molecule has 17 heavy (non-hydrogen) atoms. The highest BCUT2D eigenvalue weighted by Crippen LogP contribution is 2.33. The molecule has 92 valence electrons. The lowest BCUT2D eigenvalue weighted by Gasteiger charge is -2.42. The van der Waals surface area contributed by atoms with Crippen LogP contribution in [0.25, 0.3) is 0 Å². The molecule has 3 rings (SSSR count). The van der Waals surface area contributed by atoms with E-state index in [1.807, 2.05) is 12.1 Å². The average Bonchev–Trinajstić information content (AvgIpc) is 2.75. The van der Waals surface area contributed by atoms with Gasteiger partial charge in [0.25, 0.3) is 0 Å². The van der Waals surface area contributed by atoms with Crippen molar-refractivity contribution in [1.82, 2.24) is 10.6 Å². The van der Waals surface area contributed by atoms with Crippen LogP contribution < -0.4 is 15.5 Å². The van der Waals surface area contributed by atoms with E-state index in [9.17, 15) is 4.39 Å². The lowest BCUT2D eigenvalue weighted by Crippen LogP contribution is -2.53. The number of piperidine rings is 1. The zero-order valence-corrected chi connectivity index (χ0v) is 9.88. The first-order chi connectivity index (χ1) is 8.30. The first-order valence-corrected chi connectivity index (χ1v) is 6.25. The van der Waals surface area contributed by atoms with Gasteiger partial charge in [-0.15, -0.1) is 0 Å². The first-order valence-electron chi connectivity index (χ1n) is 6.25. The van der Waals surface area contributed by atoms with E-state index in [0.29, 0.717) is 0 Å². The van der Waals surface area contributed by atoms with Gasteiger partial charge in [-0.3, -0.25) is 5.32 Å². The summed E-state index contributed by atoms with van der Waals surface area (Å²) in [7, 11) is 0. The Balaban J connectivity index is 1.88. The molecule has 2 N–H and O–H groups in total. The van der Waals surface area contributed by atoms with Gasteiger partial charge in [0.15, 0.2) is 0 Å². The number of anilines is 1. The predicted octanol–water partition coefficient (Wildman–Crippen LogP) is 1.31. The molecule has 0 amide bonds. The molecule has 0 aliphatic carbocycles. The number of benzene rings is 1. The molecule has 1 aromatic rings. The topological polar surface area (TPSA) is 27.3 Å². The normalized spacial score (nSPS) is 23.2. The third kappa shape index (κ3) is 1.91. The number of hydrogen-bond acceptors (Lipinski definition) is 3. The monoisotopic (exact) mass is 235 g/mol. The van der Waals surface area contributed by atoms with Crippen LogP contribution in [0.15, 0.2) is 24.3 Å². The highest BCUT2D eigenvalue weighted by molar-refractivity contribution is 5.50. The van der Waals surface area contributed by atoms with E-state index in [-0.39, 0.29) is 11.4 Å². The Bertz CT molecular complexity index is 384. The molecule has 0 unspecified atom stereocenters. The van der Waals surface area contributed by atoms with E-state index >= 15 is 0 Å². The van der Waals surface area contributed by atoms with Gasteiger partial charge in [-0.1, -0.05) is 0 Å². The van der Waals surface area contributed by atoms with Crippen LogP contribution in [0.3, 0.4) is 0 Å². The smallest absolute Gasteiger partial charge is 0.123 e. The third-order valence-corrected chi connectivity index (χ3v) is 3.97. The number of halogens is 1. The zero-order chi connectivity index (χ0) is 11.7. The van der Waals surface area contributed by atoms with E-state index in [4.69, 9.17) is 0 Å². The lowest BCUT2D eigenvalue weighted by atomic mass is 9.87. The quantitative estimate of drug-likeness (QED) is 0.768. The van der Waals surface area contributed by atoms with Crippen molar-refractivity contribution >= 4 is 5.69 Å². The molecule has 4 heteroatoms. The van der Waals surface area contributed by atoms with E-state index in [1.54, 1.807) is 12.1 Å². The van der Waals surface area contributed by atoms with Crippen molar-refractivity contribution in [2.75, 3.05) is 31.2 Å². The van der Waals surface area contributed by atoms with Crippen molar-refractivity contribution in [2.45, 2.75) is 18.4 Å². The Labute approximate surface area is 101 Å². The maximum absolute atomic E-state index is 13.0. The molecule has 0 atom stereocenters. The van der Waals surface area contributed by atoms with Gasteiger partial charge in [0.1, 0.15) is 5.82 Å². The molecule has 2 saturated heterocycles. The van der Waals surface area contributed by atoms with Gasteiger partial charge in [-0.2, -0.15) is 0 Å². The molecular weight excluding hydrogens is 217 g/mol. The van der Waals surface area contributed by atoms with Crippen LogP contribution in [0.2, 0.25) is 0 Å². The number of nitrogens with zero attached hydrogens (tertiary/aromatic N) is 1. The van der Waals surface area contributed by atoms with Crippen molar-refractivity contribution in [1.29, 1.82) is 0 Å². The SMILES string of the molecule is Fc1ccc(N2CNCC23CCNCC3)cc1. The van der Waals surface area contributed by atoms with Crippen molar-refractivity contribution in [3.05, 3.63) is 30.1 Å². The van der Waals surface area contributed by atoms with E-state index in [1.165, 1.54) is 0 Å². The summed E-state index contributed by atoms with van der Waals surface area (Å²) in [5, 5.41) is 6.85. The predicted molar refractivity (Wildman–Crippen MR) is 66.6 cm³/mol. The van der Waals surface area contributed by atoms with E-state index in [2.05, 4.69) is 15.5 Å². The average molecular weight is 235 g/mol. The van der Waals surface area contributed by atoms with Gasteiger partial charge in [0, 0.05) is 12.2 Å². The Morgan fingerprint density at radius 2 is 1.76 bits per heavy atom. The van der Waals surface area contributed by atoms with Crippen LogP contribution in [0.1, 0.15) is 12.8 Å². The lowest BCUT2D eigenvalue weighted by molar-refractivity contribution is 0.327. The maximum Gasteiger partial charge on any atom is 0.123 e. The largest absolute Gasteiger partial charge is 0.352 e. The van der Waals surface area contributed by atoms with Crippen LogP contribution in [-0.4, -0.2) is 31.8 Å². The Hall–Kier alpha value is -1.13. The summed E-state index contributed by atoms with van der Waals surface area (Å²) in [6.07, 6.45) is 2.30. The molecule has 0 bridgehead atoms. The molecule has 2 fully saturated rings. The first kappa shape index (κ1) is 11.0. The second-order valence-electron chi connectivity index (χ2n) is 4.96. The van der Waals surface area contributed by atoms with Gasteiger partial charge in [-0.25, -0.2) is 4.39 Å². The third-order valence-electron chi connectivity index (χ3n) is 3.97. The van der Waals surface area contributed by atoms with Crippen LogP contribution >= 0.6 is 0 Å². The second kappa shape index (κ2) is 4.27. The highest BCUT2D eigenvalue weighted by atomic mass is 19.1. The fourth-order valence-electron chi connectivity index (χ4n) is 2.99. The minimum Gasteiger partial charge on any atom is -0.352 e. The molecule has 2 aliphatic heterocycles. The number of nitrogens with one attached hydrogen (secondary N) is 2. The molecule has 1 aromatic carbocycles. The van der Waals surface area contributed by atoms with Gasteiger partial charge >= 0.3 is 0 Å². The molecule has 0 aromatic heterocycles. The fourth-order valence-corrected chi connectivity index (χ4v) is 2.99. The van der Waals surface area contributed by atoms with E-state index < -0.39 is 0 Å². The number of rotatable bonds is 1. The van der Waals surface area contributed by atoms with Crippen molar-refractivity contribution in [3.8, 4) is 0 Å². The van der Waals surface area contributed by atoms with Gasteiger partial charge in [0.2, 0.25) is 0 Å². The molecule has 2 aliphatic rings. The van der Waals surface area contributed by atoms with Crippen molar-refractivity contribution in [3.63, 3.8) is 0 Å². The minimum absolute atomic E-state index is 0.166. The molecule has 3 nitrogen and oxygen atoms in total. The molecule has 0 radical (unpaired) electrons. The summed E-state index contributed by atoms with van der Waals surface area (Å²) in [6, 6.07) is 6.85. The summed E-state index contributed by atoms with van der Waals surface area (Å²) in [5.74, 6) is -0.166. The Morgan fingerprint density at radius 3 is 2.47 bits per heavy atom. The zero-order valence-electron chi connectivity index (χ0n) is 9.88. The van der Waals surface area contributed by atoms with Crippen molar-refractivity contribution in [2.24, 2.45) is 0 Å². The molecular formula is C13H18FN3. The van der Waals surface area contributed by atoms with Crippen LogP contribution in [-0.2, 0) is 0 Å². The van der Waals surface area contributed by atoms with Crippen LogP contribution in [0.5, 0.6) is 0 Å². The minimum atomic E-state index is -0.166. The molecule has 2 heterocycles. The van der Waals surface area contributed by atoms with Gasteiger partial charge in [-0.05, 0) is 50.2 Å². The number of hydrogen-bond donors (Lipinski definition) is 2. The van der Waals surface area contributed by atoms with E-state index in [0.717, 1.165) is 44.8 Å². The fraction of sp³-hybridized carbons (Fsp3) is 0.538. The van der Waals surface area contributed by atoms with Crippen LogP contribution in [0, 0.1) is 5.82 Å². The van der Waals surface area contributed by atoms with Crippen molar-refractivity contribution < 1.29 is 4.39 Å². The van der Waals surface area contributed by atoms with Gasteiger partial charge < -0.3 is 10.2 Å². The summed E-state index contributed by atoms with van der Waals surface area (Å²) < 4.78 is 13.0. The molecule has 0 saturated carbocycles. The summed E-state index contributed by atoms with van der Waals surface area (Å²) >= 11 is 0. The summed E-state index contributed by atoms with van der Waals surface area (Å²) in [6.45, 7) is 4.04. The summed E-state index contributed by atoms with van der Waals surface area (Å²) in [5.41, 5.74) is 1.35. The second-order valence-corrected chi connectivity index (χ2v) is 4.96. The Morgan fingerprint density at radius 1 is 1.06 bits per heavy atom.